The van der Waals surface area contributed by atoms with Crippen molar-refractivity contribution in [3.63, 3.8) is 0 Å². The number of ether oxygens (including phenoxy) is 1. The number of tetrazole rings is 1. The van der Waals surface area contributed by atoms with Gasteiger partial charge in [0.05, 0.1) is 0 Å². The summed E-state index contributed by atoms with van der Waals surface area (Å²) in [6.07, 6.45) is 0. The summed E-state index contributed by atoms with van der Waals surface area (Å²) < 4.78 is 5.00. The third-order valence-electron chi connectivity index (χ3n) is 4.02. The van der Waals surface area contributed by atoms with Gasteiger partial charge in [-0.25, -0.2) is 4.79 Å². The molecule has 3 aromatic rings. The number of nitrogens with zero attached hydrogens (tertiary/aromatic N) is 4. The molecular formula is C20H20N4O3. The Labute approximate surface area is 157 Å². The van der Waals surface area contributed by atoms with Crippen molar-refractivity contribution in [1.82, 2.24) is 20.2 Å². The SMILES string of the molecule is CC(C)c1ccc(-c2nnn(CC(=O)OCC(=O)c3ccccc3)n2)cc1. The third kappa shape index (κ3) is 4.84. The zero-order valence-corrected chi connectivity index (χ0v) is 15.2. The Bertz CT molecular complexity index is 918. The van der Waals surface area contributed by atoms with Crippen LogP contribution in [0.5, 0.6) is 0 Å². The summed E-state index contributed by atoms with van der Waals surface area (Å²) in [4.78, 5) is 25.0. The quantitative estimate of drug-likeness (QED) is 0.473. The van der Waals surface area contributed by atoms with Gasteiger partial charge in [-0.2, -0.15) is 4.80 Å². The minimum absolute atomic E-state index is 0.209. The molecule has 0 amide bonds. The molecule has 0 atom stereocenters. The molecule has 0 N–H and O–H groups in total. The van der Waals surface area contributed by atoms with Gasteiger partial charge in [0, 0.05) is 11.1 Å². The first kappa shape index (κ1) is 18.4. The molecule has 2 aromatic carbocycles. The van der Waals surface area contributed by atoms with Gasteiger partial charge in [-0.15, -0.1) is 10.2 Å². The van der Waals surface area contributed by atoms with Crippen LogP contribution in [0.4, 0.5) is 0 Å². The van der Waals surface area contributed by atoms with Gasteiger partial charge in [-0.1, -0.05) is 68.4 Å². The Morgan fingerprint density at radius 2 is 1.74 bits per heavy atom. The average Bonchev–Trinajstić information content (AvgIpc) is 3.15. The highest BCUT2D eigenvalue weighted by Crippen LogP contribution is 2.19. The van der Waals surface area contributed by atoms with Crippen molar-refractivity contribution in [2.24, 2.45) is 0 Å². The maximum atomic E-state index is 11.9. The molecule has 0 unspecified atom stereocenters. The molecule has 0 radical (unpaired) electrons. The van der Waals surface area contributed by atoms with E-state index in [2.05, 4.69) is 29.3 Å². The number of ketones is 1. The number of esters is 1. The molecule has 1 heterocycles. The molecular weight excluding hydrogens is 344 g/mol. The van der Waals surface area contributed by atoms with Gasteiger partial charge >= 0.3 is 5.97 Å². The molecule has 27 heavy (non-hydrogen) atoms. The van der Waals surface area contributed by atoms with Crippen LogP contribution < -0.4 is 0 Å². The van der Waals surface area contributed by atoms with Crippen molar-refractivity contribution >= 4 is 11.8 Å². The fourth-order valence-electron chi connectivity index (χ4n) is 2.46. The van der Waals surface area contributed by atoms with Crippen LogP contribution in [0, 0.1) is 0 Å². The predicted octanol–water partition coefficient (Wildman–Crippen LogP) is 2.89. The Hall–Kier alpha value is -3.35. The van der Waals surface area contributed by atoms with E-state index in [1.807, 2.05) is 30.3 Å². The molecule has 0 aliphatic rings. The predicted molar refractivity (Wildman–Crippen MR) is 99.1 cm³/mol. The molecule has 0 saturated carbocycles. The molecule has 7 heteroatoms. The van der Waals surface area contributed by atoms with Crippen molar-refractivity contribution in [3.8, 4) is 11.4 Å². The molecule has 3 rings (SSSR count). The van der Waals surface area contributed by atoms with Crippen molar-refractivity contribution in [3.05, 3.63) is 65.7 Å². The first-order chi connectivity index (χ1) is 13.0. The normalized spacial score (nSPS) is 10.8. The second kappa shape index (κ2) is 8.35. The summed E-state index contributed by atoms with van der Waals surface area (Å²) in [6.45, 7) is 3.72. The fourth-order valence-corrected chi connectivity index (χ4v) is 2.46. The van der Waals surface area contributed by atoms with Gasteiger partial charge in [0.25, 0.3) is 0 Å². The van der Waals surface area contributed by atoms with Crippen LogP contribution >= 0.6 is 0 Å². The maximum absolute atomic E-state index is 11.9. The highest BCUT2D eigenvalue weighted by atomic mass is 16.5. The summed E-state index contributed by atoms with van der Waals surface area (Å²) in [5.74, 6) is 0.00865. The Kier molecular flexibility index (Phi) is 5.71. The second-order valence-electron chi connectivity index (χ2n) is 6.37. The maximum Gasteiger partial charge on any atom is 0.330 e. The second-order valence-corrected chi connectivity index (χ2v) is 6.37. The fraction of sp³-hybridized carbons (Fsp3) is 0.250. The van der Waals surface area contributed by atoms with Gasteiger partial charge in [0.1, 0.15) is 0 Å². The van der Waals surface area contributed by atoms with E-state index < -0.39 is 5.97 Å². The number of hydrogen-bond acceptors (Lipinski definition) is 6. The van der Waals surface area contributed by atoms with Crippen LogP contribution in [0.1, 0.15) is 35.7 Å². The monoisotopic (exact) mass is 364 g/mol. The van der Waals surface area contributed by atoms with E-state index in [9.17, 15) is 9.59 Å². The van der Waals surface area contributed by atoms with E-state index in [0.29, 0.717) is 17.3 Å². The molecule has 7 nitrogen and oxygen atoms in total. The Balaban J connectivity index is 1.55. The van der Waals surface area contributed by atoms with Crippen LogP contribution in [0.3, 0.4) is 0 Å². The Morgan fingerprint density at radius 1 is 1.04 bits per heavy atom. The highest BCUT2D eigenvalue weighted by molar-refractivity contribution is 5.97. The van der Waals surface area contributed by atoms with E-state index in [-0.39, 0.29) is 18.9 Å². The zero-order valence-electron chi connectivity index (χ0n) is 15.2. The lowest BCUT2D eigenvalue weighted by molar-refractivity contribution is -0.143. The first-order valence-electron chi connectivity index (χ1n) is 8.65. The molecule has 138 valence electrons. The van der Waals surface area contributed by atoms with Gasteiger partial charge in [0.2, 0.25) is 5.82 Å². The van der Waals surface area contributed by atoms with E-state index >= 15 is 0 Å². The summed E-state index contributed by atoms with van der Waals surface area (Å²) in [5, 5.41) is 12.0. The van der Waals surface area contributed by atoms with Crippen LogP contribution in [0.15, 0.2) is 54.6 Å². The molecule has 0 spiro atoms. The van der Waals surface area contributed by atoms with Gasteiger partial charge in [0.15, 0.2) is 18.9 Å². The smallest absolute Gasteiger partial charge is 0.330 e. The zero-order chi connectivity index (χ0) is 19.2. The lowest BCUT2D eigenvalue weighted by Gasteiger charge is -2.04. The van der Waals surface area contributed by atoms with Gasteiger partial charge in [-0.3, -0.25) is 4.79 Å². The average molecular weight is 364 g/mol. The summed E-state index contributed by atoms with van der Waals surface area (Å²) in [7, 11) is 0. The van der Waals surface area contributed by atoms with Gasteiger partial charge in [-0.05, 0) is 16.7 Å². The highest BCUT2D eigenvalue weighted by Gasteiger charge is 2.13. The van der Waals surface area contributed by atoms with Crippen LogP contribution in [-0.4, -0.2) is 38.6 Å². The van der Waals surface area contributed by atoms with Crippen molar-refractivity contribution in [1.29, 1.82) is 0 Å². The number of Topliss-reactive ketones (excluding diaryl/α,β-unsaturated/α-hetero) is 1. The van der Waals surface area contributed by atoms with Crippen molar-refractivity contribution in [2.45, 2.75) is 26.3 Å². The molecule has 0 bridgehead atoms. The van der Waals surface area contributed by atoms with E-state index in [1.165, 1.54) is 5.56 Å². The molecule has 0 fully saturated rings. The van der Waals surface area contributed by atoms with Crippen LogP contribution in [0.25, 0.3) is 11.4 Å². The van der Waals surface area contributed by atoms with Crippen molar-refractivity contribution < 1.29 is 14.3 Å². The van der Waals surface area contributed by atoms with Crippen LogP contribution in [0.2, 0.25) is 0 Å². The number of aromatic nitrogens is 4. The minimum atomic E-state index is -0.599. The van der Waals surface area contributed by atoms with E-state index in [1.54, 1.807) is 24.3 Å². The molecule has 0 aliphatic carbocycles. The third-order valence-corrected chi connectivity index (χ3v) is 4.02. The van der Waals surface area contributed by atoms with E-state index in [0.717, 1.165) is 10.4 Å². The standard InChI is InChI=1S/C20H20N4O3/c1-14(2)15-8-10-17(11-9-15)20-21-23-24(22-20)12-19(26)27-13-18(25)16-6-4-3-5-7-16/h3-11,14H,12-13H2,1-2H3. The first-order valence-corrected chi connectivity index (χ1v) is 8.65. The largest absolute Gasteiger partial charge is 0.456 e. The Morgan fingerprint density at radius 3 is 2.41 bits per heavy atom. The molecule has 1 aromatic heterocycles. The number of hydrogen-bond donors (Lipinski definition) is 0. The van der Waals surface area contributed by atoms with Crippen molar-refractivity contribution in [2.75, 3.05) is 6.61 Å². The summed E-state index contributed by atoms with van der Waals surface area (Å²) in [5.41, 5.74) is 2.53. The summed E-state index contributed by atoms with van der Waals surface area (Å²) >= 11 is 0. The number of carbonyl (C=O) groups is 2. The lowest BCUT2D eigenvalue weighted by Crippen LogP contribution is -2.19. The summed E-state index contributed by atoms with van der Waals surface area (Å²) in [6, 6.07) is 16.5. The molecule has 0 aliphatic heterocycles. The number of benzene rings is 2. The van der Waals surface area contributed by atoms with Gasteiger partial charge < -0.3 is 4.74 Å². The molecule has 0 saturated heterocycles. The number of carbonyl (C=O) groups excluding carboxylic acids is 2. The minimum Gasteiger partial charge on any atom is -0.456 e. The topological polar surface area (TPSA) is 87.0 Å². The van der Waals surface area contributed by atoms with E-state index in [4.69, 9.17) is 4.74 Å². The van der Waals surface area contributed by atoms with Crippen LogP contribution in [-0.2, 0) is 16.1 Å². The lowest BCUT2D eigenvalue weighted by atomic mass is 10.0. The number of rotatable bonds is 7.